The maximum absolute atomic E-state index is 11.9. The molecule has 0 saturated carbocycles. The van der Waals surface area contributed by atoms with E-state index < -0.39 is 47.9 Å². The highest BCUT2D eigenvalue weighted by Gasteiger charge is 2.24. The number of hydrogen-bond donors (Lipinski definition) is 5. The highest BCUT2D eigenvalue weighted by Crippen LogP contribution is 1.92. The van der Waals surface area contributed by atoms with Crippen LogP contribution in [0.2, 0.25) is 0 Å². The van der Waals surface area contributed by atoms with Gasteiger partial charge in [0.2, 0.25) is 23.6 Å². The van der Waals surface area contributed by atoms with E-state index in [0.29, 0.717) is 0 Å². The van der Waals surface area contributed by atoms with E-state index in [9.17, 15) is 24.0 Å². The van der Waals surface area contributed by atoms with Gasteiger partial charge in [-0.25, -0.2) is 0 Å². The summed E-state index contributed by atoms with van der Waals surface area (Å²) in [7, 11) is 0. The van der Waals surface area contributed by atoms with Crippen LogP contribution in [0.25, 0.3) is 0 Å². The van der Waals surface area contributed by atoms with E-state index in [-0.39, 0.29) is 5.91 Å². The Bertz CT molecular complexity index is 521. The third-order valence-corrected chi connectivity index (χ3v) is 3.05. The summed E-state index contributed by atoms with van der Waals surface area (Å²) in [5, 5.41) is 18.1. The second kappa shape index (κ2) is 9.48. The van der Waals surface area contributed by atoms with Gasteiger partial charge < -0.3 is 26.4 Å². The summed E-state index contributed by atoms with van der Waals surface area (Å²) in [5.74, 6) is -3.42. The minimum atomic E-state index is -1.20. The quantitative estimate of drug-likeness (QED) is 0.347. The molecule has 0 aliphatic rings. The fourth-order valence-corrected chi connectivity index (χ4v) is 1.58. The fourth-order valence-electron chi connectivity index (χ4n) is 1.58. The lowest BCUT2D eigenvalue weighted by atomic mass is 10.2. The molecular formula is C14H24N4O6. The zero-order chi connectivity index (χ0) is 19.0. The maximum Gasteiger partial charge on any atom is 0.325 e. The van der Waals surface area contributed by atoms with Crippen LogP contribution in [0.5, 0.6) is 0 Å². The Morgan fingerprint density at radius 2 is 0.917 bits per heavy atom. The Labute approximate surface area is 139 Å². The van der Waals surface area contributed by atoms with Crippen LogP contribution in [0.3, 0.4) is 0 Å². The van der Waals surface area contributed by atoms with Crippen molar-refractivity contribution < 1.29 is 29.1 Å². The average Bonchev–Trinajstić information content (AvgIpc) is 2.45. The van der Waals surface area contributed by atoms with Crippen LogP contribution in [-0.2, 0) is 24.0 Å². The number of nitrogens with one attached hydrogen (secondary N) is 4. The summed E-state index contributed by atoms with van der Waals surface area (Å²) < 4.78 is 0. The van der Waals surface area contributed by atoms with E-state index in [1.54, 1.807) is 0 Å². The first-order chi connectivity index (χ1) is 11.0. The number of hydrogen-bond acceptors (Lipinski definition) is 5. The van der Waals surface area contributed by atoms with Gasteiger partial charge in [-0.1, -0.05) is 0 Å². The molecular weight excluding hydrogens is 320 g/mol. The number of carbonyl (C=O) groups is 5. The Balaban J connectivity index is 4.48. The van der Waals surface area contributed by atoms with Gasteiger partial charge in [-0.2, -0.15) is 0 Å². The average molecular weight is 344 g/mol. The molecule has 10 heteroatoms. The van der Waals surface area contributed by atoms with Crippen molar-refractivity contribution in [2.24, 2.45) is 0 Å². The van der Waals surface area contributed by atoms with Crippen molar-refractivity contribution >= 4 is 29.6 Å². The van der Waals surface area contributed by atoms with Crippen molar-refractivity contribution in [1.82, 2.24) is 21.3 Å². The van der Waals surface area contributed by atoms with Gasteiger partial charge in [0.05, 0.1) is 0 Å². The molecule has 0 fully saturated rings. The normalized spacial score (nSPS) is 15.2. The molecule has 4 amide bonds. The molecule has 0 rings (SSSR count). The van der Waals surface area contributed by atoms with Crippen LogP contribution in [-0.4, -0.2) is 58.9 Å². The minimum Gasteiger partial charge on any atom is -0.480 e. The Hall–Kier alpha value is -2.65. The number of rotatable bonds is 8. The van der Waals surface area contributed by atoms with Crippen molar-refractivity contribution in [3.05, 3.63) is 0 Å². The zero-order valence-corrected chi connectivity index (χ0v) is 14.3. The maximum atomic E-state index is 11.9. The summed E-state index contributed by atoms with van der Waals surface area (Å²) in [5.41, 5.74) is 0. The molecule has 0 radical (unpaired) electrons. The van der Waals surface area contributed by atoms with Crippen LogP contribution in [0, 0.1) is 0 Å². The third kappa shape index (κ3) is 7.56. The number of carboxylic acid groups (broad SMARTS) is 1. The van der Waals surface area contributed by atoms with Crippen molar-refractivity contribution in [3.63, 3.8) is 0 Å². The lowest BCUT2D eigenvalue weighted by molar-refractivity contribution is -0.141. The predicted molar refractivity (Wildman–Crippen MR) is 83.7 cm³/mol. The second-order valence-corrected chi connectivity index (χ2v) is 5.45. The molecule has 10 nitrogen and oxygen atoms in total. The van der Waals surface area contributed by atoms with Crippen molar-refractivity contribution in [1.29, 1.82) is 0 Å². The van der Waals surface area contributed by atoms with Crippen LogP contribution >= 0.6 is 0 Å². The molecule has 0 bridgehead atoms. The molecule has 5 N–H and O–H groups in total. The molecule has 0 spiro atoms. The van der Waals surface area contributed by atoms with E-state index in [1.807, 2.05) is 0 Å². The molecule has 4 atom stereocenters. The molecule has 0 unspecified atom stereocenters. The van der Waals surface area contributed by atoms with Gasteiger partial charge in [-0.3, -0.25) is 24.0 Å². The molecule has 0 aromatic rings. The molecule has 0 heterocycles. The SMILES string of the molecule is CC(=O)N[C@H](C)C(=O)N[C@@H](C)C(=O)N[C@@H](C)C(=O)N[C@@H](C)C(=O)O. The Morgan fingerprint density at radius 1 is 0.625 bits per heavy atom. The monoisotopic (exact) mass is 344 g/mol. The fraction of sp³-hybridized carbons (Fsp3) is 0.643. The number of carbonyl (C=O) groups excluding carboxylic acids is 4. The van der Waals surface area contributed by atoms with Gasteiger partial charge >= 0.3 is 5.97 Å². The smallest absolute Gasteiger partial charge is 0.325 e. The Kier molecular flexibility index (Phi) is 8.43. The standard InChI is InChI=1S/C14H24N4O6/c1-6(15-10(5)19)11(20)16-7(2)12(21)17-8(3)13(22)18-9(4)14(23)24/h6-9H,1-5H3,(H,15,19)(H,16,20)(H,17,21)(H,18,22)(H,23,24)/t6-,7+,8+,9+/m1/s1. The molecule has 0 aliphatic heterocycles. The predicted octanol–water partition coefficient (Wildman–Crippen LogP) is -1.89. The van der Waals surface area contributed by atoms with Gasteiger partial charge in [0, 0.05) is 6.92 Å². The Morgan fingerprint density at radius 3 is 1.21 bits per heavy atom. The zero-order valence-electron chi connectivity index (χ0n) is 14.3. The third-order valence-electron chi connectivity index (χ3n) is 3.05. The van der Waals surface area contributed by atoms with E-state index in [4.69, 9.17) is 5.11 Å². The molecule has 0 saturated heterocycles. The second-order valence-electron chi connectivity index (χ2n) is 5.45. The van der Waals surface area contributed by atoms with E-state index in [2.05, 4.69) is 21.3 Å². The summed E-state index contributed by atoms with van der Waals surface area (Å²) in [6.45, 7) is 6.82. The van der Waals surface area contributed by atoms with Gasteiger partial charge in [-0.05, 0) is 27.7 Å². The molecule has 24 heavy (non-hydrogen) atoms. The first-order valence-electron chi connectivity index (χ1n) is 7.36. The number of carboxylic acids is 1. The number of amides is 4. The van der Waals surface area contributed by atoms with E-state index in [0.717, 1.165) is 0 Å². The summed E-state index contributed by atoms with van der Waals surface area (Å²) in [6.07, 6.45) is 0. The van der Waals surface area contributed by atoms with Crippen LogP contribution in [0.4, 0.5) is 0 Å². The van der Waals surface area contributed by atoms with E-state index in [1.165, 1.54) is 34.6 Å². The molecule has 0 aromatic carbocycles. The minimum absolute atomic E-state index is 0.382. The molecule has 0 aromatic heterocycles. The lowest BCUT2D eigenvalue weighted by Crippen LogP contribution is -2.55. The lowest BCUT2D eigenvalue weighted by Gasteiger charge is -2.20. The first kappa shape index (κ1) is 21.4. The van der Waals surface area contributed by atoms with Gasteiger partial charge in [0.1, 0.15) is 24.2 Å². The van der Waals surface area contributed by atoms with Gasteiger partial charge in [-0.15, -0.1) is 0 Å². The highest BCUT2D eigenvalue weighted by molar-refractivity contribution is 5.94. The molecule has 0 aliphatic carbocycles. The van der Waals surface area contributed by atoms with Gasteiger partial charge in [0.25, 0.3) is 0 Å². The summed E-state index contributed by atoms with van der Waals surface area (Å²) in [4.78, 5) is 57.0. The van der Waals surface area contributed by atoms with Crippen molar-refractivity contribution in [2.45, 2.75) is 58.8 Å². The van der Waals surface area contributed by atoms with Crippen LogP contribution in [0.1, 0.15) is 34.6 Å². The van der Waals surface area contributed by atoms with E-state index >= 15 is 0 Å². The molecule has 136 valence electrons. The topological polar surface area (TPSA) is 154 Å². The number of aliphatic carboxylic acids is 1. The summed E-state index contributed by atoms with van der Waals surface area (Å²) in [6, 6.07) is -3.82. The largest absolute Gasteiger partial charge is 0.480 e. The highest BCUT2D eigenvalue weighted by atomic mass is 16.4. The van der Waals surface area contributed by atoms with Crippen molar-refractivity contribution in [2.75, 3.05) is 0 Å². The first-order valence-corrected chi connectivity index (χ1v) is 7.36. The summed E-state index contributed by atoms with van der Waals surface area (Å²) >= 11 is 0. The van der Waals surface area contributed by atoms with Crippen molar-refractivity contribution in [3.8, 4) is 0 Å². The van der Waals surface area contributed by atoms with Gasteiger partial charge in [0.15, 0.2) is 0 Å². The van der Waals surface area contributed by atoms with Crippen LogP contribution < -0.4 is 21.3 Å². The van der Waals surface area contributed by atoms with Crippen LogP contribution in [0.15, 0.2) is 0 Å².